The first-order valence-electron chi connectivity index (χ1n) is 11.3. The molecule has 2 aliphatic heterocycles. The van der Waals surface area contributed by atoms with Crippen LogP contribution >= 0.6 is 0 Å². The van der Waals surface area contributed by atoms with Crippen LogP contribution in [0, 0.1) is 0 Å². The van der Waals surface area contributed by atoms with E-state index in [-0.39, 0.29) is 18.1 Å². The van der Waals surface area contributed by atoms with E-state index in [1.165, 1.54) is 6.07 Å². The SMILES string of the molecule is O=C(Nc1cc(C(F)(F)F)ccc1N1CCOCC1)N1CCCN(C(=O)c2ccccc2)CC1. The number of amides is 3. The molecule has 34 heavy (non-hydrogen) atoms. The summed E-state index contributed by atoms with van der Waals surface area (Å²) in [7, 11) is 0. The number of halogens is 3. The van der Waals surface area contributed by atoms with Crippen LogP contribution in [0.25, 0.3) is 0 Å². The summed E-state index contributed by atoms with van der Waals surface area (Å²) in [5.74, 6) is -0.102. The van der Waals surface area contributed by atoms with Crippen molar-refractivity contribution in [3.8, 4) is 0 Å². The third-order valence-electron chi connectivity index (χ3n) is 6.01. The summed E-state index contributed by atoms with van der Waals surface area (Å²) < 4.78 is 45.4. The molecule has 0 saturated carbocycles. The number of ether oxygens (including phenoxy) is 1. The van der Waals surface area contributed by atoms with E-state index in [1.807, 2.05) is 11.0 Å². The number of nitrogens with one attached hydrogen (secondary N) is 1. The van der Waals surface area contributed by atoms with Gasteiger partial charge in [-0.1, -0.05) is 18.2 Å². The number of benzene rings is 2. The number of carbonyl (C=O) groups is 2. The van der Waals surface area contributed by atoms with Crippen LogP contribution < -0.4 is 10.2 Å². The third kappa shape index (κ3) is 5.61. The minimum atomic E-state index is -4.52. The highest BCUT2D eigenvalue weighted by Crippen LogP contribution is 2.36. The lowest BCUT2D eigenvalue weighted by atomic mass is 10.1. The number of morpholine rings is 1. The summed E-state index contributed by atoms with van der Waals surface area (Å²) in [6.45, 7) is 3.51. The van der Waals surface area contributed by atoms with Crippen LogP contribution in [0.3, 0.4) is 0 Å². The maximum Gasteiger partial charge on any atom is 0.416 e. The molecule has 0 radical (unpaired) electrons. The fourth-order valence-electron chi connectivity index (χ4n) is 4.17. The normalized spacial score (nSPS) is 17.3. The Morgan fingerprint density at radius 3 is 2.24 bits per heavy atom. The summed E-state index contributed by atoms with van der Waals surface area (Å²) in [5, 5.41) is 2.69. The number of anilines is 2. The molecule has 2 fully saturated rings. The summed E-state index contributed by atoms with van der Waals surface area (Å²) in [5.41, 5.74) is 0.401. The molecule has 2 aromatic carbocycles. The lowest BCUT2D eigenvalue weighted by Gasteiger charge is -2.31. The molecule has 0 atom stereocenters. The van der Waals surface area contributed by atoms with Crippen molar-refractivity contribution < 1.29 is 27.5 Å². The molecule has 1 N–H and O–H groups in total. The van der Waals surface area contributed by atoms with Crippen molar-refractivity contribution in [3.05, 3.63) is 59.7 Å². The highest BCUT2D eigenvalue weighted by Gasteiger charge is 2.32. The van der Waals surface area contributed by atoms with Gasteiger partial charge < -0.3 is 24.8 Å². The van der Waals surface area contributed by atoms with Gasteiger partial charge in [-0.3, -0.25) is 4.79 Å². The minimum absolute atomic E-state index is 0.102. The highest BCUT2D eigenvalue weighted by molar-refractivity contribution is 5.95. The lowest BCUT2D eigenvalue weighted by Crippen LogP contribution is -2.40. The van der Waals surface area contributed by atoms with Crippen LogP contribution in [0.2, 0.25) is 0 Å². The molecular weight excluding hydrogens is 449 g/mol. The maximum atomic E-state index is 13.4. The Morgan fingerprint density at radius 2 is 1.53 bits per heavy atom. The van der Waals surface area contributed by atoms with E-state index in [0.717, 1.165) is 12.1 Å². The third-order valence-corrected chi connectivity index (χ3v) is 6.01. The second-order valence-corrected chi connectivity index (χ2v) is 8.26. The van der Waals surface area contributed by atoms with Gasteiger partial charge in [-0.2, -0.15) is 13.2 Å². The maximum absolute atomic E-state index is 13.4. The Labute approximate surface area is 196 Å². The Bertz CT molecular complexity index is 1010. The van der Waals surface area contributed by atoms with Crippen LogP contribution in [-0.2, 0) is 10.9 Å². The van der Waals surface area contributed by atoms with Gasteiger partial charge in [-0.25, -0.2) is 4.79 Å². The van der Waals surface area contributed by atoms with Crippen molar-refractivity contribution >= 4 is 23.3 Å². The van der Waals surface area contributed by atoms with Crippen LogP contribution in [-0.4, -0.2) is 74.2 Å². The molecule has 182 valence electrons. The Hall–Kier alpha value is -3.27. The molecule has 0 bridgehead atoms. The second-order valence-electron chi connectivity index (χ2n) is 8.26. The molecule has 2 saturated heterocycles. The largest absolute Gasteiger partial charge is 0.416 e. The molecule has 2 heterocycles. The van der Waals surface area contributed by atoms with E-state index < -0.39 is 17.8 Å². The first-order valence-corrected chi connectivity index (χ1v) is 11.3. The number of carbonyl (C=O) groups excluding carboxylic acids is 2. The second kappa shape index (κ2) is 10.3. The van der Waals surface area contributed by atoms with E-state index in [4.69, 9.17) is 4.74 Å². The summed E-state index contributed by atoms with van der Waals surface area (Å²) >= 11 is 0. The van der Waals surface area contributed by atoms with Gasteiger partial charge in [0.1, 0.15) is 0 Å². The zero-order valence-corrected chi connectivity index (χ0v) is 18.7. The highest BCUT2D eigenvalue weighted by atomic mass is 19.4. The molecule has 7 nitrogen and oxygen atoms in total. The Balaban J connectivity index is 1.47. The monoisotopic (exact) mass is 476 g/mol. The van der Waals surface area contributed by atoms with Gasteiger partial charge in [0.2, 0.25) is 0 Å². The van der Waals surface area contributed by atoms with E-state index in [0.29, 0.717) is 63.6 Å². The van der Waals surface area contributed by atoms with E-state index in [1.54, 1.807) is 34.1 Å². The first-order chi connectivity index (χ1) is 16.3. The Kier molecular flexibility index (Phi) is 7.26. The average molecular weight is 476 g/mol. The van der Waals surface area contributed by atoms with Gasteiger partial charge in [-0.15, -0.1) is 0 Å². The molecule has 2 aromatic rings. The topological polar surface area (TPSA) is 65.1 Å². The van der Waals surface area contributed by atoms with Gasteiger partial charge in [0.15, 0.2) is 0 Å². The lowest BCUT2D eigenvalue weighted by molar-refractivity contribution is -0.137. The summed E-state index contributed by atoms with van der Waals surface area (Å²) in [4.78, 5) is 31.0. The van der Waals surface area contributed by atoms with E-state index in [2.05, 4.69) is 5.32 Å². The predicted molar refractivity (Wildman–Crippen MR) is 122 cm³/mol. The van der Waals surface area contributed by atoms with Gasteiger partial charge in [-0.05, 0) is 36.8 Å². The van der Waals surface area contributed by atoms with Crippen molar-refractivity contribution in [1.82, 2.24) is 9.80 Å². The Morgan fingerprint density at radius 1 is 0.853 bits per heavy atom. The van der Waals surface area contributed by atoms with Crippen molar-refractivity contribution in [2.45, 2.75) is 12.6 Å². The molecule has 10 heteroatoms. The molecule has 0 spiro atoms. The summed E-state index contributed by atoms with van der Waals surface area (Å²) in [6, 6.07) is 11.8. The molecule has 3 amide bonds. The number of alkyl halides is 3. The molecule has 0 unspecified atom stereocenters. The number of hydrogen-bond acceptors (Lipinski definition) is 4. The quantitative estimate of drug-likeness (QED) is 0.730. The van der Waals surface area contributed by atoms with Gasteiger partial charge in [0.05, 0.1) is 30.2 Å². The van der Waals surface area contributed by atoms with Crippen molar-refractivity contribution in [2.75, 3.05) is 62.7 Å². The molecule has 2 aliphatic rings. The van der Waals surface area contributed by atoms with Crippen molar-refractivity contribution in [1.29, 1.82) is 0 Å². The van der Waals surface area contributed by atoms with Crippen molar-refractivity contribution in [2.24, 2.45) is 0 Å². The predicted octanol–water partition coefficient (Wildman–Crippen LogP) is 3.92. The molecule has 0 aromatic heterocycles. The molecule has 4 rings (SSSR count). The van der Waals surface area contributed by atoms with Gasteiger partial charge >= 0.3 is 12.2 Å². The number of hydrogen-bond donors (Lipinski definition) is 1. The van der Waals surface area contributed by atoms with Crippen LogP contribution in [0.15, 0.2) is 48.5 Å². The van der Waals surface area contributed by atoms with Crippen LogP contribution in [0.4, 0.5) is 29.3 Å². The average Bonchev–Trinajstić information content (AvgIpc) is 3.10. The fraction of sp³-hybridized carbons (Fsp3) is 0.417. The van der Waals surface area contributed by atoms with Crippen molar-refractivity contribution in [3.63, 3.8) is 0 Å². The molecule has 0 aliphatic carbocycles. The van der Waals surface area contributed by atoms with E-state index in [9.17, 15) is 22.8 Å². The van der Waals surface area contributed by atoms with Gasteiger partial charge in [0.25, 0.3) is 5.91 Å². The fourth-order valence-corrected chi connectivity index (χ4v) is 4.17. The molecular formula is C24H27F3N4O3. The standard InChI is InChI=1S/C24H27F3N4O3/c25-24(26,27)19-7-8-21(29-13-15-34-16-14-29)20(17-19)28-23(33)31-10-4-9-30(11-12-31)22(32)18-5-2-1-3-6-18/h1-3,5-8,17H,4,9-16H2,(H,28,33). The van der Waals surface area contributed by atoms with Crippen LogP contribution in [0.1, 0.15) is 22.3 Å². The number of rotatable bonds is 3. The van der Waals surface area contributed by atoms with Crippen LogP contribution in [0.5, 0.6) is 0 Å². The zero-order chi connectivity index (χ0) is 24.1. The van der Waals surface area contributed by atoms with Gasteiger partial charge in [0, 0.05) is 44.8 Å². The smallest absolute Gasteiger partial charge is 0.378 e. The number of urea groups is 1. The van der Waals surface area contributed by atoms with E-state index >= 15 is 0 Å². The first kappa shape index (κ1) is 23.9. The number of nitrogens with zero attached hydrogens (tertiary/aromatic N) is 3. The minimum Gasteiger partial charge on any atom is -0.378 e. The summed E-state index contributed by atoms with van der Waals surface area (Å²) in [6.07, 6.45) is -3.95. The zero-order valence-electron chi connectivity index (χ0n) is 18.7.